The first-order valence-corrected chi connectivity index (χ1v) is 4.48. The van der Waals surface area contributed by atoms with E-state index in [1.807, 2.05) is 31.2 Å². The molecule has 0 unspecified atom stereocenters. The van der Waals surface area contributed by atoms with Crippen molar-refractivity contribution >= 4 is 10.8 Å². The van der Waals surface area contributed by atoms with Crippen LogP contribution < -0.4 is 0 Å². The van der Waals surface area contributed by atoms with Crippen LogP contribution in [0.25, 0.3) is 10.8 Å². The van der Waals surface area contributed by atoms with Crippen LogP contribution in [0, 0.1) is 5.82 Å². The number of benzene rings is 2. The molecule has 0 heterocycles. The molecule has 0 aromatic heterocycles. The molecule has 2 aromatic carbocycles. The fourth-order valence-corrected chi connectivity index (χ4v) is 1.64. The highest BCUT2D eigenvalue weighted by Gasteiger charge is 2.00. The van der Waals surface area contributed by atoms with Crippen molar-refractivity contribution in [1.82, 2.24) is 0 Å². The maximum atomic E-state index is 13.1. The van der Waals surface area contributed by atoms with Crippen LogP contribution >= 0.6 is 0 Å². The molecule has 0 aliphatic carbocycles. The molecule has 0 aliphatic rings. The van der Waals surface area contributed by atoms with E-state index in [4.69, 9.17) is 0 Å². The molecule has 0 bridgehead atoms. The Labute approximate surface area is 77.0 Å². The lowest BCUT2D eigenvalue weighted by atomic mass is 10.0. The third kappa shape index (κ3) is 1.42. The standard InChI is InChI=1S/C12H11F/c1-2-9-7-11(13)8-10-5-3-4-6-12(9)10/h3-8H,2H2,1H3. The summed E-state index contributed by atoms with van der Waals surface area (Å²) in [4.78, 5) is 0. The Bertz CT molecular complexity index is 432. The van der Waals surface area contributed by atoms with Gasteiger partial charge in [0.1, 0.15) is 5.82 Å². The van der Waals surface area contributed by atoms with Crippen molar-refractivity contribution in [3.8, 4) is 0 Å². The number of fused-ring (bicyclic) bond motifs is 1. The van der Waals surface area contributed by atoms with Crippen LogP contribution in [0.5, 0.6) is 0 Å². The molecule has 0 nitrogen and oxygen atoms in total. The molecule has 0 spiro atoms. The Morgan fingerprint density at radius 2 is 1.92 bits per heavy atom. The number of hydrogen-bond acceptors (Lipinski definition) is 0. The van der Waals surface area contributed by atoms with Crippen LogP contribution in [0.3, 0.4) is 0 Å². The van der Waals surface area contributed by atoms with E-state index < -0.39 is 0 Å². The Morgan fingerprint density at radius 1 is 1.15 bits per heavy atom. The van der Waals surface area contributed by atoms with Gasteiger partial charge in [-0.3, -0.25) is 0 Å². The van der Waals surface area contributed by atoms with Crippen LogP contribution in [0.2, 0.25) is 0 Å². The van der Waals surface area contributed by atoms with Crippen LogP contribution in [0.15, 0.2) is 36.4 Å². The molecule has 2 aromatic rings. The Morgan fingerprint density at radius 3 is 2.69 bits per heavy atom. The van der Waals surface area contributed by atoms with E-state index in [0.717, 1.165) is 22.8 Å². The van der Waals surface area contributed by atoms with Crippen LogP contribution in [-0.2, 0) is 6.42 Å². The minimum absolute atomic E-state index is 0.143. The molecular weight excluding hydrogens is 163 g/mol. The van der Waals surface area contributed by atoms with Crippen molar-refractivity contribution in [1.29, 1.82) is 0 Å². The summed E-state index contributed by atoms with van der Waals surface area (Å²) in [5, 5.41) is 2.14. The average Bonchev–Trinajstić information content (AvgIpc) is 2.16. The first-order valence-electron chi connectivity index (χ1n) is 4.48. The number of rotatable bonds is 1. The lowest BCUT2D eigenvalue weighted by Crippen LogP contribution is -1.85. The third-order valence-electron chi connectivity index (χ3n) is 2.29. The fraction of sp³-hybridized carbons (Fsp3) is 0.167. The minimum Gasteiger partial charge on any atom is -0.207 e. The Hall–Kier alpha value is -1.37. The van der Waals surface area contributed by atoms with Gasteiger partial charge in [-0.15, -0.1) is 0 Å². The van der Waals surface area contributed by atoms with Gasteiger partial charge in [-0.25, -0.2) is 4.39 Å². The quantitative estimate of drug-likeness (QED) is 0.620. The zero-order valence-corrected chi connectivity index (χ0v) is 7.55. The van der Waals surface area contributed by atoms with Gasteiger partial charge in [-0.1, -0.05) is 31.2 Å². The van der Waals surface area contributed by atoms with E-state index in [2.05, 4.69) is 0 Å². The molecule has 0 fully saturated rings. The van der Waals surface area contributed by atoms with Gasteiger partial charge in [-0.2, -0.15) is 0 Å². The van der Waals surface area contributed by atoms with Crippen LogP contribution in [0.1, 0.15) is 12.5 Å². The average molecular weight is 174 g/mol. The van der Waals surface area contributed by atoms with E-state index in [1.54, 1.807) is 12.1 Å². The molecule has 0 saturated carbocycles. The first kappa shape index (κ1) is 8.24. The Kier molecular flexibility index (Phi) is 2.01. The van der Waals surface area contributed by atoms with Crippen molar-refractivity contribution in [3.05, 3.63) is 47.8 Å². The second-order valence-corrected chi connectivity index (χ2v) is 3.14. The molecule has 0 saturated heterocycles. The largest absolute Gasteiger partial charge is 0.207 e. The normalized spacial score (nSPS) is 10.6. The molecule has 2 rings (SSSR count). The highest BCUT2D eigenvalue weighted by atomic mass is 19.1. The van der Waals surface area contributed by atoms with Gasteiger partial charge in [-0.05, 0) is 34.9 Å². The van der Waals surface area contributed by atoms with Gasteiger partial charge in [0.25, 0.3) is 0 Å². The van der Waals surface area contributed by atoms with Gasteiger partial charge in [0.2, 0.25) is 0 Å². The van der Waals surface area contributed by atoms with Gasteiger partial charge < -0.3 is 0 Å². The van der Waals surface area contributed by atoms with Gasteiger partial charge in [0.15, 0.2) is 0 Å². The smallest absolute Gasteiger partial charge is 0.124 e. The zero-order valence-electron chi connectivity index (χ0n) is 7.55. The summed E-state index contributed by atoms with van der Waals surface area (Å²) < 4.78 is 13.1. The van der Waals surface area contributed by atoms with Crippen molar-refractivity contribution < 1.29 is 4.39 Å². The predicted octanol–water partition coefficient (Wildman–Crippen LogP) is 3.54. The lowest BCUT2D eigenvalue weighted by Gasteiger charge is -2.03. The first-order chi connectivity index (χ1) is 6.31. The zero-order chi connectivity index (χ0) is 9.26. The van der Waals surface area contributed by atoms with E-state index >= 15 is 0 Å². The fourth-order valence-electron chi connectivity index (χ4n) is 1.64. The summed E-state index contributed by atoms with van der Waals surface area (Å²) in [7, 11) is 0. The number of hydrogen-bond donors (Lipinski definition) is 0. The second kappa shape index (κ2) is 3.17. The molecule has 0 amide bonds. The maximum Gasteiger partial charge on any atom is 0.124 e. The summed E-state index contributed by atoms with van der Waals surface area (Å²) in [5.41, 5.74) is 1.08. The molecule has 0 radical (unpaired) electrons. The summed E-state index contributed by atoms with van der Waals surface area (Å²) in [6, 6.07) is 11.1. The topological polar surface area (TPSA) is 0 Å². The monoisotopic (exact) mass is 174 g/mol. The number of aryl methyl sites for hydroxylation is 1. The van der Waals surface area contributed by atoms with E-state index in [9.17, 15) is 4.39 Å². The SMILES string of the molecule is CCc1cc(F)cc2ccccc12. The highest BCUT2D eigenvalue weighted by Crippen LogP contribution is 2.20. The molecule has 0 aliphatic heterocycles. The molecule has 0 atom stereocenters. The minimum atomic E-state index is -0.143. The lowest BCUT2D eigenvalue weighted by molar-refractivity contribution is 0.628. The van der Waals surface area contributed by atoms with Crippen LogP contribution in [-0.4, -0.2) is 0 Å². The van der Waals surface area contributed by atoms with E-state index in [-0.39, 0.29) is 5.82 Å². The highest BCUT2D eigenvalue weighted by molar-refractivity contribution is 5.85. The predicted molar refractivity (Wildman–Crippen MR) is 53.3 cm³/mol. The van der Waals surface area contributed by atoms with Gasteiger partial charge in [0, 0.05) is 0 Å². The molecule has 66 valence electrons. The summed E-state index contributed by atoms with van der Waals surface area (Å²) in [5.74, 6) is -0.143. The van der Waals surface area contributed by atoms with Crippen molar-refractivity contribution in [2.45, 2.75) is 13.3 Å². The van der Waals surface area contributed by atoms with Crippen molar-refractivity contribution in [3.63, 3.8) is 0 Å². The molecule has 13 heavy (non-hydrogen) atoms. The second-order valence-electron chi connectivity index (χ2n) is 3.14. The molecule has 0 N–H and O–H groups in total. The Balaban J connectivity index is 2.81. The molecular formula is C12H11F. The van der Waals surface area contributed by atoms with E-state index in [1.165, 1.54) is 0 Å². The summed E-state index contributed by atoms with van der Waals surface area (Å²) in [6.45, 7) is 2.04. The van der Waals surface area contributed by atoms with Crippen molar-refractivity contribution in [2.75, 3.05) is 0 Å². The van der Waals surface area contributed by atoms with Gasteiger partial charge in [0.05, 0.1) is 0 Å². The van der Waals surface area contributed by atoms with Crippen molar-refractivity contribution in [2.24, 2.45) is 0 Å². The summed E-state index contributed by atoms with van der Waals surface area (Å²) in [6.07, 6.45) is 0.873. The van der Waals surface area contributed by atoms with E-state index in [0.29, 0.717) is 0 Å². The van der Waals surface area contributed by atoms with Crippen LogP contribution in [0.4, 0.5) is 4.39 Å². The third-order valence-corrected chi connectivity index (χ3v) is 2.29. The summed E-state index contributed by atoms with van der Waals surface area (Å²) >= 11 is 0. The number of halogens is 1. The molecule has 1 heteroatoms. The van der Waals surface area contributed by atoms with Gasteiger partial charge >= 0.3 is 0 Å². The maximum absolute atomic E-state index is 13.1.